The predicted molar refractivity (Wildman–Crippen MR) is 56.8 cm³/mol. The Labute approximate surface area is 92.6 Å². The van der Waals surface area contributed by atoms with Crippen LogP contribution < -0.4 is 5.73 Å². The van der Waals surface area contributed by atoms with Gasteiger partial charge in [0, 0.05) is 0 Å². The summed E-state index contributed by atoms with van der Waals surface area (Å²) in [6, 6.07) is 0. The molecular formula is C9H14N4O3. The highest BCUT2D eigenvalue weighted by Gasteiger charge is 2.37. The summed E-state index contributed by atoms with van der Waals surface area (Å²) >= 11 is 0. The Balaban J connectivity index is 2.04. The summed E-state index contributed by atoms with van der Waals surface area (Å²) < 4.78 is 5.54. The summed E-state index contributed by atoms with van der Waals surface area (Å²) in [6.07, 6.45) is 2.86. The minimum Gasteiger partial charge on any atom is -0.394 e. The van der Waals surface area contributed by atoms with E-state index in [1.165, 1.54) is 6.34 Å². The maximum atomic E-state index is 11.4. The molecule has 7 heteroatoms. The minimum atomic E-state index is -0.715. The van der Waals surface area contributed by atoms with Gasteiger partial charge >= 0.3 is 0 Å². The first-order valence-electron chi connectivity index (χ1n) is 5.11. The number of rotatable bonds is 3. The summed E-state index contributed by atoms with van der Waals surface area (Å²) in [5, 5.41) is 8.95. The third-order valence-electron chi connectivity index (χ3n) is 2.67. The van der Waals surface area contributed by atoms with Crippen LogP contribution in [0.1, 0.15) is 12.8 Å². The Morgan fingerprint density at radius 3 is 3.19 bits per heavy atom. The van der Waals surface area contributed by atoms with Gasteiger partial charge in [-0.25, -0.2) is 9.98 Å². The fourth-order valence-corrected chi connectivity index (χ4v) is 1.88. The molecule has 2 heterocycles. The zero-order chi connectivity index (χ0) is 11.5. The number of aliphatic hydroxyl groups is 1. The van der Waals surface area contributed by atoms with Crippen LogP contribution in [0.15, 0.2) is 9.98 Å². The molecule has 16 heavy (non-hydrogen) atoms. The molecule has 0 radical (unpaired) electrons. The van der Waals surface area contributed by atoms with Crippen LogP contribution in [-0.2, 0) is 9.53 Å². The summed E-state index contributed by atoms with van der Waals surface area (Å²) in [5.74, 6) is -0.349. The lowest BCUT2D eigenvalue weighted by atomic mass is 10.2. The largest absolute Gasteiger partial charge is 0.394 e. The summed E-state index contributed by atoms with van der Waals surface area (Å²) in [5.41, 5.74) is 5.18. The van der Waals surface area contributed by atoms with Gasteiger partial charge < -0.3 is 20.5 Å². The minimum absolute atomic E-state index is 0.0136. The predicted octanol–water partition coefficient (Wildman–Crippen LogP) is -1.33. The molecule has 0 saturated carbocycles. The molecule has 0 aromatic carbocycles. The number of amides is 1. The van der Waals surface area contributed by atoms with Crippen LogP contribution in [-0.4, -0.2) is 53.7 Å². The smallest absolute Gasteiger partial charge is 0.292 e. The monoisotopic (exact) mass is 226 g/mol. The maximum absolute atomic E-state index is 11.4. The Morgan fingerprint density at radius 1 is 1.75 bits per heavy atom. The molecule has 7 nitrogen and oxygen atoms in total. The van der Waals surface area contributed by atoms with Crippen molar-refractivity contribution in [1.82, 2.24) is 4.90 Å². The second-order valence-corrected chi connectivity index (χ2v) is 3.67. The Bertz CT molecular complexity index is 331. The van der Waals surface area contributed by atoms with E-state index in [0.717, 1.165) is 19.2 Å². The number of carbonyl (C=O) groups excluding carboxylic acids is 1. The molecule has 0 spiro atoms. The number of nitrogens with two attached hydrogens (primary N) is 1. The quantitative estimate of drug-likeness (QED) is 0.458. The lowest BCUT2D eigenvalue weighted by Gasteiger charge is -2.25. The molecule has 88 valence electrons. The van der Waals surface area contributed by atoms with Gasteiger partial charge in [0.15, 0.2) is 0 Å². The molecule has 0 aromatic heterocycles. The standard InChI is InChI=1S/C9H14N4O3/c10-4-11-8-9(15)12-5-13(8)7-2-1-6(3-14)16-7/h4-8,14H,1-3H2,(H2,10,11). The molecule has 3 unspecified atom stereocenters. The molecule has 3 N–H and O–H groups in total. The van der Waals surface area contributed by atoms with Gasteiger partial charge in [-0.15, -0.1) is 0 Å². The van der Waals surface area contributed by atoms with E-state index in [0.29, 0.717) is 0 Å². The summed E-state index contributed by atoms with van der Waals surface area (Å²) in [4.78, 5) is 20.5. The normalized spacial score (nSPS) is 34.4. The van der Waals surface area contributed by atoms with Gasteiger partial charge in [-0.3, -0.25) is 4.79 Å². The number of aliphatic hydroxyl groups excluding tert-OH is 1. The number of carbonyl (C=O) groups is 1. The zero-order valence-electron chi connectivity index (χ0n) is 8.69. The number of hydrogen-bond acceptors (Lipinski definition) is 5. The van der Waals surface area contributed by atoms with Gasteiger partial charge in [0.2, 0.25) is 6.17 Å². The van der Waals surface area contributed by atoms with Crippen molar-refractivity contribution in [3.8, 4) is 0 Å². The fraction of sp³-hybridized carbons (Fsp3) is 0.667. The summed E-state index contributed by atoms with van der Waals surface area (Å²) in [7, 11) is 0. The van der Waals surface area contributed by atoms with Gasteiger partial charge in [-0.05, 0) is 12.8 Å². The lowest BCUT2D eigenvalue weighted by molar-refractivity contribution is -0.123. The molecular weight excluding hydrogens is 212 g/mol. The molecule has 0 bridgehead atoms. The van der Waals surface area contributed by atoms with Gasteiger partial charge in [0.05, 0.1) is 25.4 Å². The lowest BCUT2D eigenvalue weighted by Crippen LogP contribution is -2.41. The number of nitrogens with zero attached hydrogens (tertiary/aromatic N) is 3. The highest BCUT2D eigenvalue weighted by molar-refractivity contribution is 5.95. The molecule has 2 aliphatic heterocycles. The first kappa shape index (κ1) is 11.0. The average molecular weight is 226 g/mol. The van der Waals surface area contributed by atoms with Crippen LogP contribution in [0.25, 0.3) is 0 Å². The van der Waals surface area contributed by atoms with Crippen molar-refractivity contribution in [2.75, 3.05) is 6.61 Å². The highest BCUT2D eigenvalue weighted by atomic mass is 16.5. The van der Waals surface area contributed by atoms with Crippen molar-refractivity contribution < 1.29 is 14.6 Å². The van der Waals surface area contributed by atoms with E-state index < -0.39 is 6.17 Å². The Kier molecular flexibility index (Phi) is 3.16. The molecule has 2 rings (SSSR count). The van der Waals surface area contributed by atoms with Crippen LogP contribution in [0.4, 0.5) is 0 Å². The van der Waals surface area contributed by atoms with Crippen molar-refractivity contribution in [2.45, 2.75) is 31.3 Å². The first-order chi connectivity index (χ1) is 7.76. The van der Waals surface area contributed by atoms with Crippen molar-refractivity contribution in [3.05, 3.63) is 0 Å². The SMILES string of the molecule is N/C=N/C1C(=O)N=CN1C1CCC(CO)O1. The van der Waals surface area contributed by atoms with Gasteiger partial charge in [0.25, 0.3) is 5.91 Å². The second-order valence-electron chi connectivity index (χ2n) is 3.67. The third kappa shape index (κ3) is 1.91. The Morgan fingerprint density at radius 2 is 2.56 bits per heavy atom. The van der Waals surface area contributed by atoms with E-state index in [2.05, 4.69) is 9.98 Å². The van der Waals surface area contributed by atoms with Gasteiger partial charge in [-0.2, -0.15) is 0 Å². The van der Waals surface area contributed by atoms with Crippen molar-refractivity contribution in [2.24, 2.45) is 15.7 Å². The number of hydrogen-bond donors (Lipinski definition) is 2. The maximum Gasteiger partial charge on any atom is 0.292 e. The molecule has 1 saturated heterocycles. The van der Waals surface area contributed by atoms with E-state index in [1.807, 2.05) is 0 Å². The van der Waals surface area contributed by atoms with Crippen LogP contribution in [0.5, 0.6) is 0 Å². The van der Waals surface area contributed by atoms with Crippen molar-refractivity contribution in [3.63, 3.8) is 0 Å². The molecule has 1 amide bonds. The van der Waals surface area contributed by atoms with E-state index in [4.69, 9.17) is 15.6 Å². The second kappa shape index (κ2) is 4.58. The van der Waals surface area contributed by atoms with E-state index >= 15 is 0 Å². The van der Waals surface area contributed by atoms with Crippen LogP contribution in [0, 0.1) is 0 Å². The Hall–Kier alpha value is -1.47. The topological polar surface area (TPSA) is 101 Å². The third-order valence-corrected chi connectivity index (χ3v) is 2.67. The van der Waals surface area contributed by atoms with Gasteiger partial charge in [-0.1, -0.05) is 0 Å². The van der Waals surface area contributed by atoms with Crippen LogP contribution in [0.3, 0.4) is 0 Å². The molecule has 2 aliphatic rings. The van der Waals surface area contributed by atoms with E-state index in [1.54, 1.807) is 4.90 Å². The summed E-state index contributed by atoms with van der Waals surface area (Å²) in [6.45, 7) is -0.0136. The van der Waals surface area contributed by atoms with Gasteiger partial charge in [0.1, 0.15) is 6.23 Å². The van der Waals surface area contributed by atoms with Crippen LogP contribution >= 0.6 is 0 Å². The molecule has 0 aliphatic carbocycles. The number of ether oxygens (including phenoxy) is 1. The van der Waals surface area contributed by atoms with Crippen molar-refractivity contribution >= 4 is 18.6 Å². The average Bonchev–Trinajstić information content (AvgIpc) is 2.87. The number of aliphatic imine (C=N–C) groups is 2. The molecule has 3 atom stereocenters. The van der Waals surface area contributed by atoms with E-state index in [9.17, 15) is 4.79 Å². The molecule has 0 aromatic rings. The first-order valence-corrected chi connectivity index (χ1v) is 5.11. The zero-order valence-corrected chi connectivity index (χ0v) is 8.69. The molecule has 1 fully saturated rings. The van der Waals surface area contributed by atoms with E-state index in [-0.39, 0.29) is 24.8 Å². The fourth-order valence-electron chi connectivity index (χ4n) is 1.88. The highest BCUT2D eigenvalue weighted by Crippen LogP contribution is 2.25. The van der Waals surface area contributed by atoms with Crippen molar-refractivity contribution in [1.29, 1.82) is 0 Å². The van der Waals surface area contributed by atoms with Crippen LogP contribution in [0.2, 0.25) is 0 Å².